The summed E-state index contributed by atoms with van der Waals surface area (Å²) in [5.41, 5.74) is 2.15. The molecule has 2 aromatic carbocycles. The Balaban J connectivity index is 2.31. The third-order valence-corrected chi connectivity index (χ3v) is 5.42. The van der Waals surface area contributed by atoms with E-state index >= 15 is 0 Å². The average Bonchev–Trinajstić information content (AvgIpc) is 2.81. The maximum Gasteiger partial charge on any atom is 0.408 e. The Kier molecular flexibility index (Phi) is 10.3. The minimum absolute atomic E-state index is 0.274. The Hall–Kier alpha value is -3.35. The van der Waals surface area contributed by atoms with Gasteiger partial charge in [-0.05, 0) is 57.2 Å². The zero-order chi connectivity index (χ0) is 26.0. The minimum Gasteiger partial charge on any atom is -0.444 e. The number of rotatable bonds is 10. The van der Waals surface area contributed by atoms with E-state index in [1.807, 2.05) is 61.5 Å². The van der Waals surface area contributed by atoms with Gasteiger partial charge in [0.1, 0.15) is 17.7 Å². The predicted octanol–water partition coefficient (Wildman–Crippen LogP) is 4.76. The SMILES string of the molecule is CCCN(C(=O)C(C)NC(=O)OC(C)(C)C)C(C(=O)NCc1ccccc1)c1ccc(CC)cc1. The molecule has 0 bridgehead atoms. The molecule has 0 heterocycles. The van der Waals surface area contributed by atoms with Gasteiger partial charge in [0.2, 0.25) is 11.8 Å². The summed E-state index contributed by atoms with van der Waals surface area (Å²) in [6.45, 7) is 11.6. The van der Waals surface area contributed by atoms with Crippen molar-refractivity contribution in [3.05, 3.63) is 71.3 Å². The van der Waals surface area contributed by atoms with Gasteiger partial charge in [-0.3, -0.25) is 9.59 Å². The van der Waals surface area contributed by atoms with Crippen LogP contribution in [0.4, 0.5) is 4.79 Å². The molecule has 7 nitrogen and oxygen atoms in total. The first-order chi connectivity index (χ1) is 16.6. The van der Waals surface area contributed by atoms with Crippen LogP contribution in [0.1, 0.15) is 70.7 Å². The fourth-order valence-corrected chi connectivity index (χ4v) is 3.69. The van der Waals surface area contributed by atoms with Crippen LogP contribution in [0.3, 0.4) is 0 Å². The number of carbonyl (C=O) groups is 3. The van der Waals surface area contributed by atoms with Gasteiger partial charge in [-0.1, -0.05) is 68.4 Å². The maximum absolute atomic E-state index is 13.5. The first kappa shape index (κ1) is 27.9. The van der Waals surface area contributed by atoms with E-state index in [0.29, 0.717) is 19.5 Å². The molecule has 2 unspecified atom stereocenters. The number of amides is 3. The molecule has 0 aliphatic carbocycles. The van der Waals surface area contributed by atoms with Crippen molar-refractivity contribution in [1.82, 2.24) is 15.5 Å². The normalized spacial score (nSPS) is 12.9. The van der Waals surface area contributed by atoms with Crippen molar-refractivity contribution in [3.63, 3.8) is 0 Å². The van der Waals surface area contributed by atoms with E-state index in [1.54, 1.807) is 32.6 Å². The molecule has 35 heavy (non-hydrogen) atoms. The van der Waals surface area contributed by atoms with Crippen LogP contribution in [-0.2, 0) is 27.3 Å². The molecule has 2 atom stereocenters. The molecule has 0 radical (unpaired) electrons. The van der Waals surface area contributed by atoms with E-state index in [1.165, 1.54) is 0 Å². The first-order valence-corrected chi connectivity index (χ1v) is 12.3. The van der Waals surface area contributed by atoms with Crippen molar-refractivity contribution in [2.75, 3.05) is 6.54 Å². The van der Waals surface area contributed by atoms with Crippen molar-refractivity contribution in [3.8, 4) is 0 Å². The van der Waals surface area contributed by atoms with Crippen LogP contribution in [-0.4, -0.2) is 41.0 Å². The van der Waals surface area contributed by atoms with Crippen LogP contribution >= 0.6 is 0 Å². The lowest BCUT2D eigenvalue weighted by Crippen LogP contribution is -2.52. The molecule has 0 spiro atoms. The minimum atomic E-state index is -0.865. The Morgan fingerprint density at radius 3 is 2.11 bits per heavy atom. The maximum atomic E-state index is 13.5. The highest BCUT2D eigenvalue weighted by Crippen LogP contribution is 2.24. The molecule has 2 rings (SSSR count). The van der Waals surface area contributed by atoms with Crippen LogP contribution in [0, 0.1) is 0 Å². The van der Waals surface area contributed by atoms with E-state index in [0.717, 1.165) is 23.1 Å². The molecular formula is C28H39N3O4. The van der Waals surface area contributed by atoms with E-state index in [4.69, 9.17) is 4.74 Å². The van der Waals surface area contributed by atoms with Gasteiger partial charge in [0.15, 0.2) is 0 Å². The number of alkyl carbamates (subject to hydrolysis) is 1. The second kappa shape index (κ2) is 12.9. The van der Waals surface area contributed by atoms with Gasteiger partial charge in [0, 0.05) is 13.1 Å². The van der Waals surface area contributed by atoms with E-state index in [9.17, 15) is 14.4 Å². The zero-order valence-electron chi connectivity index (χ0n) is 21.8. The largest absolute Gasteiger partial charge is 0.444 e. The number of hydrogen-bond acceptors (Lipinski definition) is 4. The Bertz CT molecular complexity index is 968. The van der Waals surface area contributed by atoms with Gasteiger partial charge in [-0.15, -0.1) is 0 Å². The van der Waals surface area contributed by atoms with Gasteiger partial charge in [0.05, 0.1) is 0 Å². The predicted molar refractivity (Wildman–Crippen MR) is 138 cm³/mol. The first-order valence-electron chi connectivity index (χ1n) is 12.3. The van der Waals surface area contributed by atoms with E-state index in [2.05, 4.69) is 17.6 Å². The lowest BCUT2D eigenvalue weighted by molar-refractivity contribution is -0.142. The van der Waals surface area contributed by atoms with Gasteiger partial charge < -0.3 is 20.3 Å². The number of ether oxygens (including phenoxy) is 1. The van der Waals surface area contributed by atoms with Crippen LogP contribution in [0.25, 0.3) is 0 Å². The fraction of sp³-hybridized carbons (Fsp3) is 0.464. The van der Waals surface area contributed by atoms with Gasteiger partial charge in [-0.25, -0.2) is 4.79 Å². The quantitative estimate of drug-likeness (QED) is 0.512. The van der Waals surface area contributed by atoms with Crippen molar-refractivity contribution in [1.29, 1.82) is 0 Å². The summed E-state index contributed by atoms with van der Waals surface area (Å²) in [6.07, 6.45) is 0.854. The Morgan fingerprint density at radius 1 is 0.943 bits per heavy atom. The van der Waals surface area contributed by atoms with Crippen LogP contribution < -0.4 is 10.6 Å². The summed E-state index contributed by atoms with van der Waals surface area (Å²) in [5, 5.41) is 5.60. The molecule has 0 aliphatic rings. The number of aryl methyl sites for hydroxylation is 1. The number of hydrogen-bond donors (Lipinski definition) is 2. The van der Waals surface area contributed by atoms with Gasteiger partial charge >= 0.3 is 6.09 Å². The number of benzene rings is 2. The monoisotopic (exact) mass is 481 g/mol. The van der Waals surface area contributed by atoms with E-state index in [-0.39, 0.29) is 11.8 Å². The Labute approximate surface area is 209 Å². The summed E-state index contributed by atoms with van der Waals surface area (Å²) in [4.78, 5) is 40.9. The number of nitrogens with zero attached hydrogens (tertiary/aromatic N) is 1. The van der Waals surface area contributed by atoms with E-state index < -0.39 is 23.8 Å². The summed E-state index contributed by atoms with van der Waals surface area (Å²) >= 11 is 0. The Morgan fingerprint density at radius 2 is 1.57 bits per heavy atom. The highest BCUT2D eigenvalue weighted by Gasteiger charge is 2.34. The summed E-state index contributed by atoms with van der Waals surface area (Å²) in [6, 6.07) is 15.7. The second-order valence-electron chi connectivity index (χ2n) is 9.60. The van der Waals surface area contributed by atoms with Gasteiger partial charge in [-0.2, -0.15) is 0 Å². The fourth-order valence-electron chi connectivity index (χ4n) is 3.69. The standard InChI is InChI=1S/C28H39N3O4/c1-7-18-31(26(33)20(3)30-27(34)35-28(4,5)6)24(23-16-14-21(8-2)15-17-23)25(32)29-19-22-12-10-9-11-13-22/h9-17,20,24H,7-8,18-19H2,1-6H3,(H,29,32)(H,30,34). The lowest BCUT2D eigenvalue weighted by atomic mass is 10.0. The molecule has 0 saturated heterocycles. The molecule has 190 valence electrons. The molecule has 0 aromatic heterocycles. The second-order valence-corrected chi connectivity index (χ2v) is 9.60. The average molecular weight is 482 g/mol. The van der Waals surface area contributed by atoms with Gasteiger partial charge in [0.25, 0.3) is 0 Å². The zero-order valence-corrected chi connectivity index (χ0v) is 21.8. The van der Waals surface area contributed by atoms with Crippen LogP contribution in [0.2, 0.25) is 0 Å². The number of nitrogens with one attached hydrogen (secondary N) is 2. The van der Waals surface area contributed by atoms with Crippen molar-refractivity contribution in [2.24, 2.45) is 0 Å². The van der Waals surface area contributed by atoms with Crippen molar-refractivity contribution in [2.45, 2.75) is 78.6 Å². The van der Waals surface area contributed by atoms with Crippen molar-refractivity contribution < 1.29 is 19.1 Å². The molecular weight excluding hydrogens is 442 g/mol. The molecule has 3 amide bonds. The van der Waals surface area contributed by atoms with Crippen LogP contribution in [0.5, 0.6) is 0 Å². The molecule has 0 fully saturated rings. The summed E-state index contributed by atoms with van der Waals surface area (Å²) in [7, 11) is 0. The highest BCUT2D eigenvalue weighted by atomic mass is 16.6. The topological polar surface area (TPSA) is 87.7 Å². The molecule has 0 saturated carbocycles. The van der Waals surface area contributed by atoms with Crippen LogP contribution in [0.15, 0.2) is 54.6 Å². The van der Waals surface area contributed by atoms with Crippen molar-refractivity contribution >= 4 is 17.9 Å². The molecule has 0 aliphatic heterocycles. The third kappa shape index (κ3) is 8.74. The third-order valence-electron chi connectivity index (χ3n) is 5.42. The smallest absolute Gasteiger partial charge is 0.408 e. The summed E-state index contributed by atoms with van der Waals surface area (Å²) < 4.78 is 5.30. The molecule has 7 heteroatoms. The molecule has 2 N–H and O–H groups in total. The number of carbonyl (C=O) groups excluding carboxylic acids is 3. The summed E-state index contributed by atoms with van der Waals surface area (Å²) in [5.74, 6) is -0.624. The lowest BCUT2D eigenvalue weighted by Gasteiger charge is -2.33. The molecule has 2 aromatic rings. The highest BCUT2D eigenvalue weighted by molar-refractivity contribution is 5.92.